The van der Waals surface area contributed by atoms with Crippen LogP contribution in [0.5, 0.6) is 0 Å². The Balaban J connectivity index is 1.72. The largest absolute Gasteiger partial charge is 0.390 e. The Morgan fingerprint density at radius 1 is 0.786 bits per heavy atom. The van der Waals surface area contributed by atoms with E-state index in [0.29, 0.717) is 25.1 Å². The molecule has 8 atom stereocenters. The Morgan fingerprint density at radius 2 is 1.38 bits per heavy atom. The number of amides is 6. The molecule has 17 nitrogen and oxygen atoms in total. The van der Waals surface area contributed by atoms with Crippen molar-refractivity contribution in [3.05, 3.63) is 54.1 Å². The van der Waals surface area contributed by atoms with Crippen LogP contribution in [-0.2, 0) is 41.6 Å². The van der Waals surface area contributed by atoms with Gasteiger partial charge < -0.3 is 52.8 Å². The number of rotatable bonds is 23. The van der Waals surface area contributed by atoms with E-state index in [-0.39, 0.29) is 43.4 Å². The number of nitrogens with two attached hydrogens (primary N) is 1. The molecule has 56 heavy (non-hydrogen) atoms. The summed E-state index contributed by atoms with van der Waals surface area (Å²) in [6.07, 6.45) is 1.86. The van der Waals surface area contributed by atoms with Crippen molar-refractivity contribution in [2.75, 3.05) is 6.54 Å². The lowest BCUT2D eigenvalue weighted by atomic mass is 9.96. The lowest BCUT2D eigenvalue weighted by Gasteiger charge is -2.29. The number of nitrogens with one attached hydrogen (secondary N) is 7. The fraction of sp³-hybridized carbons (Fsp3) is 0.615. The van der Waals surface area contributed by atoms with E-state index in [1.165, 1.54) is 19.4 Å². The minimum atomic E-state index is -1.38. The molecule has 0 radical (unpaired) electrons. The SMILES string of the molecule is CC(C)C[C@H](NC(=O)[C@H](C)NC(=O)C[C@H](O)[C@H](CC(C)C)NC(=O)[C@H](Cc1cnc[nH]1)NC(=O)[C@H](Cc1ccccc1)NC(=O)[C@@H]1CCCN1)[C@@H](O)CC(N)=O. The highest BCUT2D eigenvalue weighted by Gasteiger charge is 2.33. The van der Waals surface area contributed by atoms with Crippen molar-refractivity contribution in [1.29, 1.82) is 0 Å². The number of aromatic amines is 1. The minimum Gasteiger partial charge on any atom is -0.390 e. The molecule has 6 amide bonds. The number of imidazole rings is 1. The van der Waals surface area contributed by atoms with Gasteiger partial charge in [0, 0.05) is 24.7 Å². The van der Waals surface area contributed by atoms with E-state index in [1.54, 1.807) is 0 Å². The lowest BCUT2D eigenvalue weighted by Crippen LogP contribution is -2.58. The Labute approximate surface area is 328 Å². The average molecular weight is 784 g/mol. The maximum atomic E-state index is 14.0. The zero-order valence-corrected chi connectivity index (χ0v) is 33.0. The van der Waals surface area contributed by atoms with E-state index in [2.05, 4.69) is 41.9 Å². The van der Waals surface area contributed by atoms with Gasteiger partial charge in [0.2, 0.25) is 35.4 Å². The number of carbonyl (C=O) groups is 6. The number of nitrogens with zero attached hydrogens (tertiary/aromatic N) is 1. The van der Waals surface area contributed by atoms with Crippen LogP contribution < -0.4 is 37.6 Å². The van der Waals surface area contributed by atoms with Crippen LogP contribution in [0.15, 0.2) is 42.9 Å². The summed E-state index contributed by atoms with van der Waals surface area (Å²) in [6.45, 7) is 9.70. The Hall–Kier alpha value is -4.87. The smallest absolute Gasteiger partial charge is 0.243 e. The highest BCUT2D eigenvalue weighted by molar-refractivity contribution is 5.93. The molecule has 17 heteroatoms. The molecule has 11 N–H and O–H groups in total. The van der Waals surface area contributed by atoms with Gasteiger partial charge in [0.05, 0.1) is 49.5 Å². The van der Waals surface area contributed by atoms with Gasteiger partial charge in [0.15, 0.2) is 0 Å². The number of carbonyl (C=O) groups excluding carboxylic acids is 6. The second-order valence-electron chi connectivity index (χ2n) is 15.5. The number of H-pyrrole nitrogens is 1. The fourth-order valence-corrected chi connectivity index (χ4v) is 6.62. The first kappa shape index (κ1) is 45.5. The average Bonchev–Trinajstić information content (AvgIpc) is 3.85. The molecule has 2 aromatic rings. The third-order valence-corrected chi connectivity index (χ3v) is 9.51. The molecule has 0 bridgehead atoms. The van der Waals surface area contributed by atoms with Gasteiger partial charge in [-0.05, 0) is 56.6 Å². The summed E-state index contributed by atoms with van der Waals surface area (Å²) >= 11 is 0. The van der Waals surface area contributed by atoms with Crippen LogP contribution in [0.4, 0.5) is 0 Å². The van der Waals surface area contributed by atoms with Gasteiger partial charge in [-0.15, -0.1) is 0 Å². The second kappa shape index (κ2) is 22.6. The van der Waals surface area contributed by atoms with Gasteiger partial charge >= 0.3 is 0 Å². The zero-order chi connectivity index (χ0) is 41.4. The molecule has 1 fully saturated rings. The maximum absolute atomic E-state index is 14.0. The standard InChI is InChI=1S/C39H61N9O8/c1-22(2)14-28(32(49)18-34(40)51)45-36(53)24(5)44-35(52)19-33(50)29(15-23(3)4)46-39(56)31(17-26-20-41-21-43-26)48-38(55)30(16-25-10-7-6-8-11-25)47-37(54)27-12-9-13-42-27/h6-8,10-11,20-24,27-33,42,49-50H,9,12-19H2,1-5H3,(H2,40,51)(H,41,43)(H,44,52)(H,45,53)(H,46,56)(H,47,54)(H,48,55)/t24-,27-,28-,29-,30-,31-,32-,33-/m0/s1. The maximum Gasteiger partial charge on any atom is 0.243 e. The third-order valence-electron chi connectivity index (χ3n) is 9.51. The number of hydrogen-bond donors (Lipinski definition) is 10. The van der Waals surface area contributed by atoms with Crippen LogP contribution in [0.1, 0.15) is 84.4 Å². The van der Waals surface area contributed by atoms with Crippen molar-refractivity contribution in [2.24, 2.45) is 17.6 Å². The van der Waals surface area contributed by atoms with Gasteiger partial charge in [-0.3, -0.25) is 28.8 Å². The van der Waals surface area contributed by atoms with Crippen molar-refractivity contribution in [2.45, 2.75) is 134 Å². The van der Waals surface area contributed by atoms with E-state index < -0.39 is 84.4 Å². The van der Waals surface area contributed by atoms with Crippen molar-refractivity contribution < 1.29 is 39.0 Å². The number of aromatic nitrogens is 2. The van der Waals surface area contributed by atoms with Crippen LogP contribution >= 0.6 is 0 Å². The van der Waals surface area contributed by atoms with Crippen molar-refractivity contribution in [3.8, 4) is 0 Å². The molecular weight excluding hydrogens is 722 g/mol. The number of primary amides is 1. The minimum absolute atomic E-state index is 0.0112. The molecule has 1 aliphatic heterocycles. The molecule has 0 aliphatic carbocycles. The molecule has 3 rings (SSSR count). The normalized spacial score (nSPS) is 17.8. The summed E-state index contributed by atoms with van der Waals surface area (Å²) < 4.78 is 0. The number of hydrogen-bond acceptors (Lipinski definition) is 10. The Bertz CT molecular complexity index is 1570. The lowest BCUT2D eigenvalue weighted by molar-refractivity contribution is -0.133. The summed E-state index contributed by atoms with van der Waals surface area (Å²) in [7, 11) is 0. The second-order valence-corrected chi connectivity index (χ2v) is 15.5. The molecule has 310 valence electrons. The van der Waals surface area contributed by atoms with E-state index in [1.807, 2.05) is 58.0 Å². The van der Waals surface area contributed by atoms with Crippen LogP contribution in [0.3, 0.4) is 0 Å². The molecule has 1 aromatic carbocycles. The monoisotopic (exact) mass is 783 g/mol. The first-order valence-electron chi connectivity index (χ1n) is 19.4. The molecule has 2 heterocycles. The topological polar surface area (TPSA) is 270 Å². The van der Waals surface area contributed by atoms with Gasteiger partial charge in [-0.2, -0.15) is 0 Å². The van der Waals surface area contributed by atoms with E-state index in [9.17, 15) is 39.0 Å². The molecule has 0 unspecified atom stereocenters. The van der Waals surface area contributed by atoms with Crippen molar-refractivity contribution in [3.63, 3.8) is 0 Å². The summed E-state index contributed by atoms with van der Waals surface area (Å²) in [5, 5.41) is 38.6. The highest BCUT2D eigenvalue weighted by atomic mass is 16.3. The molecule has 0 saturated carbocycles. The van der Waals surface area contributed by atoms with E-state index >= 15 is 0 Å². The third kappa shape index (κ3) is 15.7. The fourth-order valence-electron chi connectivity index (χ4n) is 6.62. The molecule has 1 aliphatic rings. The first-order valence-corrected chi connectivity index (χ1v) is 19.4. The number of aliphatic hydroxyl groups excluding tert-OH is 2. The van der Waals surface area contributed by atoms with Crippen LogP contribution in [0, 0.1) is 11.8 Å². The molecule has 1 aromatic heterocycles. The zero-order valence-electron chi connectivity index (χ0n) is 33.0. The Kier molecular flexibility index (Phi) is 18.4. The van der Waals surface area contributed by atoms with Gasteiger partial charge in [0.25, 0.3) is 0 Å². The highest BCUT2D eigenvalue weighted by Crippen LogP contribution is 2.15. The summed E-state index contributed by atoms with van der Waals surface area (Å²) in [6, 6.07) is 3.83. The van der Waals surface area contributed by atoms with Gasteiger partial charge in [-0.25, -0.2) is 4.98 Å². The quantitative estimate of drug-likeness (QED) is 0.0689. The first-order chi connectivity index (χ1) is 26.5. The predicted octanol–water partition coefficient (Wildman–Crippen LogP) is -0.530. The molecular formula is C39H61N9O8. The number of benzene rings is 1. The van der Waals surface area contributed by atoms with Crippen LogP contribution in [-0.4, -0.2) is 111 Å². The van der Waals surface area contributed by atoms with Gasteiger partial charge in [-0.1, -0.05) is 58.0 Å². The van der Waals surface area contributed by atoms with E-state index in [0.717, 1.165) is 12.0 Å². The summed E-state index contributed by atoms with van der Waals surface area (Å²) in [5.74, 6) is -3.46. The number of aliphatic hydroxyl groups is 2. The van der Waals surface area contributed by atoms with Gasteiger partial charge in [0.1, 0.15) is 18.1 Å². The van der Waals surface area contributed by atoms with E-state index in [4.69, 9.17) is 5.73 Å². The molecule has 0 spiro atoms. The summed E-state index contributed by atoms with van der Waals surface area (Å²) in [5.41, 5.74) is 6.59. The van der Waals surface area contributed by atoms with Crippen molar-refractivity contribution in [1.82, 2.24) is 41.9 Å². The van der Waals surface area contributed by atoms with Crippen LogP contribution in [0.2, 0.25) is 0 Å². The Morgan fingerprint density at radius 3 is 1.93 bits per heavy atom. The summed E-state index contributed by atoms with van der Waals surface area (Å²) in [4.78, 5) is 85.5. The van der Waals surface area contributed by atoms with Crippen LogP contribution in [0.25, 0.3) is 0 Å². The molecule has 1 saturated heterocycles. The van der Waals surface area contributed by atoms with Crippen molar-refractivity contribution >= 4 is 35.4 Å². The predicted molar refractivity (Wildman–Crippen MR) is 208 cm³/mol.